The highest BCUT2D eigenvalue weighted by Gasteiger charge is 2.30. The summed E-state index contributed by atoms with van der Waals surface area (Å²) in [5, 5.41) is 9.03. The molecular formula is C12H16FNO4S. The molecule has 0 amide bonds. The standard InChI is InChI=1S/C12H16FNO4S/c1-3-8(2)11(12(15)16)14-19(17,18)10-7-5-4-6-9(10)13/h4-8,11,14H,3H2,1-2H3,(H,15,16). The van der Waals surface area contributed by atoms with Gasteiger partial charge in [0.15, 0.2) is 0 Å². The topological polar surface area (TPSA) is 83.5 Å². The second-order valence-electron chi connectivity index (χ2n) is 4.25. The number of sulfonamides is 1. The van der Waals surface area contributed by atoms with Crippen LogP contribution in [0.1, 0.15) is 20.3 Å². The molecule has 19 heavy (non-hydrogen) atoms. The van der Waals surface area contributed by atoms with Crippen LogP contribution in [0, 0.1) is 11.7 Å². The first kappa shape index (κ1) is 15.6. The van der Waals surface area contributed by atoms with Gasteiger partial charge in [0.1, 0.15) is 16.8 Å². The summed E-state index contributed by atoms with van der Waals surface area (Å²) < 4.78 is 39.4. The first-order valence-electron chi connectivity index (χ1n) is 5.79. The van der Waals surface area contributed by atoms with Crippen molar-refractivity contribution in [3.05, 3.63) is 30.1 Å². The van der Waals surface area contributed by atoms with Crippen molar-refractivity contribution in [2.45, 2.75) is 31.2 Å². The Morgan fingerprint density at radius 1 is 1.42 bits per heavy atom. The number of hydrogen-bond acceptors (Lipinski definition) is 3. The summed E-state index contributed by atoms with van der Waals surface area (Å²) in [5.41, 5.74) is 0. The van der Waals surface area contributed by atoms with E-state index in [1.807, 2.05) is 4.72 Å². The summed E-state index contributed by atoms with van der Waals surface area (Å²) in [6.07, 6.45) is 0.483. The summed E-state index contributed by atoms with van der Waals surface area (Å²) in [6, 6.07) is 3.55. The lowest BCUT2D eigenvalue weighted by Crippen LogP contribution is -2.45. The zero-order chi connectivity index (χ0) is 14.6. The molecule has 7 heteroatoms. The molecule has 2 unspecified atom stereocenters. The summed E-state index contributed by atoms with van der Waals surface area (Å²) in [7, 11) is -4.20. The fourth-order valence-corrected chi connectivity index (χ4v) is 2.92. The molecule has 0 aromatic heterocycles. The van der Waals surface area contributed by atoms with E-state index >= 15 is 0 Å². The van der Waals surface area contributed by atoms with Crippen molar-refractivity contribution in [2.75, 3.05) is 0 Å². The van der Waals surface area contributed by atoms with Gasteiger partial charge in [-0.3, -0.25) is 4.79 Å². The van der Waals surface area contributed by atoms with E-state index < -0.39 is 38.7 Å². The minimum atomic E-state index is -4.20. The Hall–Kier alpha value is -1.47. The molecule has 106 valence electrons. The molecule has 2 atom stereocenters. The van der Waals surface area contributed by atoms with Crippen molar-refractivity contribution in [1.82, 2.24) is 4.72 Å². The first-order chi connectivity index (χ1) is 8.79. The van der Waals surface area contributed by atoms with Crippen molar-refractivity contribution >= 4 is 16.0 Å². The average Bonchev–Trinajstić information content (AvgIpc) is 2.35. The van der Waals surface area contributed by atoms with Gasteiger partial charge in [-0.15, -0.1) is 0 Å². The number of aliphatic carboxylic acids is 1. The minimum Gasteiger partial charge on any atom is -0.480 e. The maximum atomic E-state index is 13.5. The van der Waals surface area contributed by atoms with Crippen molar-refractivity contribution in [2.24, 2.45) is 5.92 Å². The Labute approximate surface area is 111 Å². The molecule has 1 aromatic carbocycles. The van der Waals surface area contributed by atoms with Crippen molar-refractivity contribution < 1.29 is 22.7 Å². The SMILES string of the molecule is CCC(C)C(NS(=O)(=O)c1ccccc1F)C(=O)O. The molecule has 0 heterocycles. The molecule has 0 fully saturated rings. The van der Waals surface area contributed by atoms with Crippen LogP contribution in [0.25, 0.3) is 0 Å². The Morgan fingerprint density at radius 3 is 2.47 bits per heavy atom. The van der Waals surface area contributed by atoms with Gasteiger partial charge in [-0.05, 0) is 18.1 Å². The fraction of sp³-hybridized carbons (Fsp3) is 0.417. The van der Waals surface area contributed by atoms with Gasteiger partial charge in [-0.25, -0.2) is 12.8 Å². The summed E-state index contributed by atoms with van der Waals surface area (Å²) in [4.78, 5) is 10.5. The molecule has 0 bridgehead atoms. The van der Waals surface area contributed by atoms with E-state index in [1.165, 1.54) is 12.1 Å². The molecule has 5 nitrogen and oxygen atoms in total. The third-order valence-electron chi connectivity index (χ3n) is 2.89. The Balaban J connectivity index is 3.08. The summed E-state index contributed by atoms with van der Waals surface area (Å²) in [5.74, 6) is -2.60. The van der Waals surface area contributed by atoms with Crippen LogP contribution in [0.15, 0.2) is 29.2 Å². The van der Waals surface area contributed by atoms with Gasteiger partial charge in [0.05, 0.1) is 0 Å². The zero-order valence-electron chi connectivity index (χ0n) is 10.6. The van der Waals surface area contributed by atoms with Crippen LogP contribution in [0.2, 0.25) is 0 Å². The van der Waals surface area contributed by atoms with Crippen molar-refractivity contribution in [1.29, 1.82) is 0 Å². The number of carboxylic acid groups (broad SMARTS) is 1. The van der Waals surface area contributed by atoms with Gasteiger partial charge in [0.2, 0.25) is 10.0 Å². The maximum absolute atomic E-state index is 13.5. The lowest BCUT2D eigenvalue weighted by molar-refractivity contribution is -0.140. The number of hydrogen-bond donors (Lipinski definition) is 2. The lowest BCUT2D eigenvalue weighted by Gasteiger charge is -2.20. The van der Waals surface area contributed by atoms with E-state index in [-0.39, 0.29) is 0 Å². The van der Waals surface area contributed by atoms with E-state index in [9.17, 15) is 17.6 Å². The van der Waals surface area contributed by atoms with Gasteiger partial charge in [-0.2, -0.15) is 4.72 Å². The number of halogens is 1. The molecule has 1 aromatic rings. The van der Waals surface area contributed by atoms with E-state index in [0.717, 1.165) is 12.1 Å². The quantitative estimate of drug-likeness (QED) is 0.833. The first-order valence-corrected chi connectivity index (χ1v) is 7.27. The molecule has 0 aliphatic carbocycles. The van der Waals surface area contributed by atoms with Gasteiger partial charge in [0, 0.05) is 0 Å². The van der Waals surface area contributed by atoms with Crippen LogP contribution in [-0.2, 0) is 14.8 Å². The Bertz CT molecular complexity index is 559. The van der Waals surface area contributed by atoms with Crippen molar-refractivity contribution in [3.8, 4) is 0 Å². The van der Waals surface area contributed by atoms with E-state index in [4.69, 9.17) is 5.11 Å². The van der Waals surface area contributed by atoms with Gasteiger partial charge < -0.3 is 5.11 Å². The second-order valence-corrected chi connectivity index (χ2v) is 5.94. The number of nitrogens with one attached hydrogen (secondary N) is 1. The molecule has 0 spiro atoms. The molecular weight excluding hydrogens is 273 g/mol. The van der Waals surface area contributed by atoms with Crippen LogP contribution >= 0.6 is 0 Å². The van der Waals surface area contributed by atoms with Crippen molar-refractivity contribution in [3.63, 3.8) is 0 Å². The third-order valence-corrected chi connectivity index (χ3v) is 4.36. The number of benzene rings is 1. The average molecular weight is 289 g/mol. The van der Waals surface area contributed by atoms with Gasteiger partial charge >= 0.3 is 5.97 Å². The molecule has 1 rings (SSSR count). The van der Waals surface area contributed by atoms with Crippen LogP contribution < -0.4 is 4.72 Å². The molecule has 0 saturated heterocycles. The normalized spacial score (nSPS) is 14.9. The number of rotatable bonds is 6. The minimum absolute atomic E-state index is 0.404. The van der Waals surface area contributed by atoms with Gasteiger partial charge in [-0.1, -0.05) is 32.4 Å². The largest absolute Gasteiger partial charge is 0.480 e. The molecule has 0 radical (unpaired) electrons. The monoisotopic (exact) mass is 289 g/mol. The van der Waals surface area contributed by atoms with Gasteiger partial charge in [0.25, 0.3) is 0 Å². The van der Waals surface area contributed by atoms with Crippen LogP contribution in [0.5, 0.6) is 0 Å². The summed E-state index contributed by atoms with van der Waals surface area (Å²) >= 11 is 0. The fourth-order valence-electron chi connectivity index (χ4n) is 1.54. The zero-order valence-corrected chi connectivity index (χ0v) is 11.4. The van der Waals surface area contributed by atoms with E-state index in [2.05, 4.69) is 0 Å². The predicted molar refractivity (Wildman–Crippen MR) is 67.6 cm³/mol. The highest BCUT2D eigenvalue weighted by atomic mass is 32.2. The lowest BCUT2D eigenvalue weighted by atomic mass is 10.0. The summed E-state index contributed by atoms with van der Waals surface area (Å²) in [6.45, 7) is 3.36. The molecule has 0 aliphatic rings. The second kappa shape index (κ2) is 6.12. The van der Waals surface area contributed by atoms with Crippen LogP contribution in [0.4, 0.5) is 4.39 Å². The van der Waals surface area contributed by atoms with Crippen LogP contribution in [0.3, 0.4) is 0 Å². The van der Waals surface area contributed by atoms with E-state index in [0.29, 0.717) is 6.42 Å². The predicted octanol–water partition coefficient (Wildman–Crippen LogP) is 1.60. The molecule has 2 N–H and O–H groups in total. The Morgan fingerprint density at radius 2 is 2.00 bits per heavy atom. The number of carboxylic acids is 1. The smallest absolute Gasteiger partial charge is 0.322 e. The Kier molecular flexibility index (Phi) is 5.02. The highest BCUT2D eigenvalue weighted by Crippen LogP contribution is 2.16. The highest BCUT2D eigenvalue weighted by molar-refractivity contribution is 7.89. The molecule has 0 aliphatic heterocycles. The number of carbonyl (C=O) groups is 1. The third kappa shape index (κ3) is 3.74. The maximum Gasteiger partial charge on any atom is 0.322 e. The van der Waals surface area contributed by atoms with E-state index in [1.54, 1.807) is 13.8 Å². The molecule has 0 saturated carbocycles. The van der Waals surface area contributed by atoms with Crippen LogP contribution in [-0.4, -0.2) is 25.5 Å².